The van der Waals surface area contributed by atoms with Crippen LogP contribution in [0.5, 0.6) is 11.5 Å². The number of rotatable bonds is 5. The molecular weight excluding hydrogens is 283 g/mol. The monoisotopic (exact) mass is 306 g/mol. The van der Waals surface area contributed by atoms with Gasteiger partial charge < -0.3 is 9.05 Å². The minimum absolute atomic E-state index is 0.536. The Kier molecular flexibility index (Phi) is 7.63. The SMILES string of the molecule is CCCC.CP(=O)(Oc1ccccc1)Oc1ccccc1. The summed E-state index contributed by atoms with van der Waals surface area (Å²) in [6, 6.07) is 18.0. The average molecular weight is 306 g/mol. The zero-order valence-corrected chi connectivity index (χ0v) is 13.8. The molecule has 0 heterocycles. The fourth-order valence-corrected chi connectivity index (χ4v) is 2.41. The number of unbranched alkanes of at least 4 members (excludes halogenated alkanes) is 1. The van der Waals surface area contributed by atoms with Gasteiger partial charge in [0.1, 0.15) is 11.5 Å². The predicted molar refractivity (Wildman–Crippen MR) is 88.3 cm³/mol. The highest BCUT2D eigenvalue weighted by atomic mass is 31.2. The van der Waals surface area contributed by atoms with E-state index in [2.05, 4.69) is 13.8 Å². The highest BCUT2D eigenvalue weighted by Crippen LogP contribution is 2.44. The number of hydrogen-bond acceptors (Lipinski definition) is 3. The molecule has 0 bridgehead atoms. The summed E-state index contributed by atoms with van der Waals surface area (Å²) in [6.45, 7) is 5.81. The molecule has 2 aromatic rings. The molecule has 0 saturated heterocycles. The lowest BCUT2D eigenvalue weighted by atomic mass is 10.3. The van der Waals surface area contributed by atoms with Crippen molar-refractivity contribution in [2.45, 2.75) is 26.7 Å². The van der Waals surface area contributed by atoms with E-state index in [0.717, 1.165) is 0 Å². The van der Waals surface area contributed by atoms with Gasteiger partial charge in [0, 0.05) is 0 Å². The van der Waals surface area contributed by atoms with Crippen LogP contribution in [0.2, 0.25) is 0 Å². The first-order valence-electron chi connectivity index (χ1n) is 7.14. The van der Waals surface area contributed by atoms with Crippen molar-refractivity contribution in [1.82, 2.24) is 0 Å². The molecule has 21 heavy (non-hydrogen) atoms. The lowest BCUT2D eigenvalue weighted by Crippen LogP contribution is -1.98. The summed E-state index contributed by atoms with van der Waals surface area (Å²) in [4.78, 5) is 0. The van der Waals surface area contributed by atoms with Crippen LogP contribution >= 0.6 is 7.60 Å². The molecular formula is C17H23O3P. The van der Waals surface area contributed by atoms with Gasteiger partial charge in [0.2, 0.25) is 0 Å². The maximum absolute atomic E-state index is 12.1. The van der Waals surface area contributed by atoms with Gasteiger partial charge in [-0.05, 0) is 24.3 Å². The minimum atomic E-state index is -3.14. The van der Waals surface area contributed by atoms with Crippen molar-refractivity contribution in [2.24, 2.45) is 0 Å². The summed E-state index contributed by atoms with van der Waals surface area (Å²) in [5, 5.41) is 0. The van der Waals surface area contributed by atoms with E-state index in [4.69, 9.17) is 9.05 Å². The van der Waals surface area contributed by atoms with Crippen LogP contribution in [0.15, 0.2) is 60.7 Å². The topological polar surface area (TPSA) is 35.5 Å². The Morgan fingerprint density at radius 3 is 1.38 bits per heavy atom. The molecule has 0 unspecified atom stereocenters. The van der Waals surface area contributed by atoms with Crippen molar-refractivity contribution in [3.63, 3.8) is 0 Å². The molecule has 114 valence electrons. The van der Waals surface area contributed by atoms with Gasteiger partial charge >= 0.3 is 7.60 Å². The molecule has 0 fully saturated rings. The van der Waals surface area contributed by atoms with Crippen molar-refractivity contribution < 1.29 is 13.6 Å². The molecule has 0 amide bonds. The van der Waals surface area contributed by atoms with E-state index in [1.807, 2.05) is 36.4 Å². The van der Waals surface area contributed by atoms with E-state index < -0.39 is 7.60 Å². The molecule has 3 nitrogen and oxygen atoms in total. The Morgan fingerprint density at radius 1 is 0.762 bits per heavy atom. The highest BCUT2D eigenvalue weighted by Gasteiger charge is 2.19. The van der Waals surface area contributed by atoms with E-state index >= 15 is 0 Å². The van der Waals surface area contributed by atoms with Crippen LogP contribution in [0.25, 0.3) is 0 Å². The van der Waals surface area contributed by atoms with Gasteiger partial charge in [-0.15, -0.1) is 0 Å². The van der Waals surface area contributed by atoms with Crippen molar-refractivity contribution in [3.8, 4) is 11.5 Å². The summed E-state index contributed by atoms with van der Waals surface area (Å²) < 4.78 is 22.8. The number of para-hydroxylation sites is 2. The lowest BCUT2D eigenvalue weighted by Gasteiger charge is -2.15. The lowest BCUT2D eigenvalue weighted by molar-refractivity contribution is 0.393. The Labute approximate surface area is 127 Å². The third-order valence-corrected chi connectivity index (χ3v) is 3.61. The second-order valence-electron chi connectivity index (χ2n) is 4.58. The van der Waals surface area contributed by atoms with Gasteiger partial charge in [0.05, 0.1) is 6.66 Å². The molecule has 0 saturated carbocycles. The van der Waals surface area contributed by atoms with Gasteiger partial charge in [0.25, 0.3) is 0 Å². The summed E-state index contributed by atoms with van der Waals surface area (Å²) in [5.41, 5.74) is 0. The van der Waals surface area contributed by atoms with Crippen LogP contribution in [0, 0.1) is 0 Å². The van der Waals surface area contributed by atoms with Gasteiger partial charge in [0.15, 0.2) is 0 Å². The molecule has 2 rings (SSSR count). The summed E-state index contributed by atoms with van der Waals surface area (Å²) in [5.74, 6) is 1.07. The maximum atomic E-state index is 12.1. The standard InChI is InChI=1S/C13H13O3P.C4H10/c1-17(14,15-12-8-4-2-5-9-12)16-13-10-6-3-7-11-13;1-3-4-2/h2-11H,1H3;3-4H2,1-2H3. The van der Waals surface area contributed by atoms with Gasteiger partial charge in [-0.25, -0.2) is 4.57 Å². The third kappa shape index (κ3) is 7.57. The summed E-state index contributed by atoms with van der Waals surface area (Å²) in [6.07, 6.45) is 2.64. The molecule has 0 aromatic heterocycles. The fraction of sp³-hybridized carbons (Fsp3) is 0.294. The fourth-order valence-electron chi connectivity index (χ4n) is 1.36. The van der Waals surface area contributed by atoms with Crippen LogP contribution in [0.4, 0.5) is 0 Å². The zero-order chi connectivity index (χ0) is 15.6. The van der Waals surface area contributed by atoms with Crippen molar-refractivity contribution in [2.75, 3.05) is 6.66 Å². The Morgan fingerprint density at radius 2 is 1.10 bits per heavy atom. The van der Waals surface area contributed by atoms with Crippen LogP contribution in [-0.4, -0.2) is 6.66 Å². The Bertz CT molecular complexity index is 493. The summed E-state index contributed by atoms with van der Waals surface area (Å²) >= 11 is 0. The molecule has 0 aliphatic carbocycles. The molecule has 0 N–H and O–H groups in total. The van der Waals surface area contributed by atoms with Crippen molar-refractivity contribution in [1.29, 1.82) is 0 Å². The molecule has 0 radical (unpaired) electrons. The molecule has 0 aliphatic rings. The van der Waals surface area contributed by atoms with Gasteiger partial charge in [-0.2, -0.15) is 0 Å². The predicted octanol–water partition coefficient (Wildman–Crippen LogP) is 5.77. The van der Waals surface area contributed by atoms with E-state index in [1.54, 1.807) is 24.3 Å². The maximum Gasteiger partial charge on any atom is 0.427 e. The first kappa shape index (κ1) is 17.3. The first-order chi connectivity index (χ1) is 10.1. The quantitative estimate of drug-likeness (QED) is 0.657. The van der Waals surface area contributed by atoms with Crippen molar-refractivity contribution >= 4 is 7.60 Å². The smallest absolute Gasteiger partial charge is 0.416 e. The van der Waals surface area contributed by atoms with Gasteiger partial charge in [-0.1, -0.05) is 63.1 Å². The third-order valence-electron chi connectivity index (χ3n) is 2.53. The first-order valence-corrected chi connectivity index (χ1v) is 9.13. The summed E-state index contributed by atoms with van der Waals surface area (Å²) in [7, 11) is -3.14. The number of benzene rings is 2. The number of hydrogen-bond donors (Lipinski definition) is 0. The second kappa shape index (κ2) is 9.25. The Balaban J connectivity index is 0.000000491. The van der Waals surface area contributed by atoms with Gasteiger partial charge in [-0.3, -0.25) is 0 Å². The van der Waals surface area contributed by atoms with Crippen LogP contribution in [-0.2, 0) is 4.57 Å². The van der Waals surface area contributed by atoms with E-state index in [-0.39, 0.29) is 0 Å². The van der Waals surface area contributed by atoms with E-state index in [0.29, 0.717) is 11.5 Å². The normalized spacial score (nSPS) is 10.2. The Hall–Kier alpha value is -1.73. The van der Waals surface area contributed by atoms with Crippen molar-refractivity contribution in [3.05, 3.63) is 60.7 Å². The van der Waals surface area contributed by atoms with E-state index in [1.165, 1.54) is 19.5 Å². The molecule has 0 aliphatic heterocycles. The largest absolute Gasteiger partial charge is 0.427 e. The molecule has 2 aromatic carbocycles. The van der Waals surface area contributed by atoms with Crippen LogP contribution < -0.4 is 9.05 Å². The van der Waals surface area contributed by atoms with Crippen LogP contribution in [0.3, 0.4) is 0 Å². The van der Waals surface area contributed by atoms with E-state index in [9.17, 15) is 4.57 Å². The molecule has 0 atom stereocenters. The van der Waals surface area contributed by atoms with Crippen LogP contribution in [0.1, 0.15) is 26.7 Å². The second-order valence-corrected chi connectivity index (χ2v) is 6.49. The minimum Gasteiger partial charge on any atom is -0.416 e. The molecule has 0 spiro atoms. The average Bonchev–Trinajstić information content (AvgIpc) is 2.48. The highest BCUT2D eigenvalue weighted by molar-refractivity contribution is 7.53. The molecule has 4 heteroatoms. The zero-order valence-electron chi connectivity index (χ0n) is 12.9.